The van der Waals surface area contributed by atoms with Crippen molar-refractivity contribution in [1.82, 2.24) is 20.2 Å². The second kappa shape index (κ2) is 11.5. The monoisotopic (exact) mass is 646 g/mol. The Kier molecular flexibility index (Phi) is 8.89. The molecule has 3 amide bonds. The summed E-state index contributed by atoms with van der Waals surface area (Å²) < 4.78 is 1.94. The first-order chi connectivity index (χ1) is 16.5. The van der Waals surface area contributed by atoms with Crippen LogP contribution in [0.2, 0.25) is 10.0 Å². The number of nitrogens with one attached hydrogen (secondary N) is 2. The van der Waals surface area contributed by atoms with Crippen molar-refractivity contribution in [2.75, 3.05) is 5.32 Å². The smallest absolute Gasteiger partial charge is 0.277 e. The lowest BCUT2D eigenvalue weighted by Gasteiger charge is -2.19. The van der Waals surface area contributed by atoms with E-state index < -0.39 is 23.8 Å². The van der Waals surface area contributed by atoms with Gasteiger partial charge in [-0.3, -0.25) is 19.2 Å². The highest BCUT2D eigenvalue weighted by Gasteiger charge is 2.25. The lowest BCUT2D eigenvalue weighted by atomic mass is 10.1. The van der Waals surface area contributed by atoms with E-state index in [2.05, 4.69) is 52.7 Å². The molecule has 0 aliphatic carbocycles. The molecule has 0 aliphatic heterocycles. The Morgan fingerprint density at radius 1 is 1.14 bits per heavy atom. The van der Waals surface area contributed by atoms with E-state index in [0.29, 0.717) is 9.08 Å². The Labute approximate surface area is 226 Å². The highest BCUT2D eigenvalue weighted by Crippen LogP contribution is 2.32. The molecule has 2 aromatic heterocycles. The van der Waals surface area contributed by atoms with Crippen LogP contribution in [0.3, 0.4) is 0 Å². The molecule has 1 unspecified atom stereocenters. The van der Waals surface area contributed by atoms with Crippen molar-refractivity contribution in [3.63, 3.8) is 0 Å². The number of carbonyl (C=O) groups excluding carboxylic acids is 3. The lowest BCUT2D eigenvalue weighted by molar-refractivity contribution is -0.136. The van der Waals surface area contributed by atoms with Crippen LogP contribution >= 0.6 is 55.1 Å². The van der Waals surface area contributed by atoms with E-state index in [9.17, 15) is 14.4 Å². The van der Waals surface area contributed by atoms with Gasteiger partial charge in [-0.15, -0.1) is 0 Å². The maximum absolute atomic E-state index is 13.2. The molecule has 1 aromatic carbocycles. The summed E-state index contributed by atoms with van der Waals surface area (Å²) in [5.74, 6) is -2.20. The number of hydroxylamine groups is 1. The number of hydrogen-bond acceptors (Lipinski definition) is 6. The third-order valence-corrected chi connectivity index (χ3v) is 6.08. The topological polar surface area (TPSA) is 141 Å². The normalized spacial score (nSPS) is 11.9. The molecule has 0 fully saturated rings. The van der Waals surface area contributed by atoms with Crippen molar-refractivity contribution >= 4 is 78.5 Å². The minimum atomic E-state index is -1.06. The van der Waals surface area contributed by atoms with Gasteiger partial charge in [0.25, 0.3) is 11.8 Å². The van der Waals surface area contributed by atoms with Crippen molar-refractivity contribution in [1.29, 1.82) is 0 Å². The SMILES string of the molecule is CC(C)C(ONC(=O)c1cc(Cl)cc(Br)c1NC(=O)c1cc(Br)nn1-c1ncccc1Cl)C(N)=O. The van der Waals surface area contributed by atoms with E-state index >= 15 is 0 Å². The number of halogens is 4. The summed E-state index contributed by atoms with van der Waals surface area (Å²) >= 11 is 18.9. The summed E-state index contributed by atoms with van der Waals surface area (Å²) in [7, 11) is 0. The van der Waals surface area contributed by atoms with Crippen molar-refractivity contribution in [2.24, 2.45) is 11.7 Å². The molecule has 0 aliphatic rings. The van der Waals surface area contributed by atoms with Gasteiger partial charge in [-0.2, -0.15) is 5.10 Å². The molecule has 35 heavy (non-hydrogen) atoms. The molecule has 0 saturated carbocycles. The van der Waals surface area contributed by atoms with Gasteiger partial charge in [0.1, 0.15) is 10.3 Å². The molecule has 2 heterocycles. The fraction of sp³-hybridized carbons (Fsp3) is 0.190. The maximum atomic E-state index is 13.2. The number of hydrogen-bond donors (Lipinski definition) is 3. The lowest BCUT2D eigenvalue weighted by Crippen LogP contribution is -2.41. The minimum Gasteiger partial charge on any atom is -0.367 e. The van der Waals surface area contributed by atoms with Gasteiger partial charge in [-0.25, -0.2) is 15.1 Å². The molecule has 184 valence electrons. The Bertz CT molecular complexity index is 1300. The average Bonchev–Trinajstić information content (AvgIpc) is 3.16. The summed E-state index contributed by atoms with van der Waals surface area (Å²) in [6, 6.07) is 7.54. The van der Waals surface area contributed by atoms with Gasteiger partial charge in [-0.05, 0) is 62.0 Å². The van der Waals surface area contributed by atoms with Crippen LogP contribution in [0.1, 0.15) is 34.7 Å². The van der Waals surface area contributed by atoms with Crippen molar-refractivity contribution < 1.29 is 19.2 Å². The summed E-state index contributed by atoms with van der Waals surface area (Å²) in [4.78, 5) is 47.1. The Hall–Kier alpha value is -2.51. The molecule has 3 rings (SSSR count). The predicted molar refractivity (Wildman–Crippen MR) is 138 cm³/mol. The summed E-state index contributed by atoms with van der Waals surface area (Å²) in [6.45, 7) is 3.41. The van der Waals surface area contributed by atoms with Crippen LogP contribution in [0, 0.1) is 5.92 Å². The number of nitrogens with two attached hydrogens (primary N) is 1. The molecule has 0 saturated heterocycles. The van der Waals surface area contributed by atoms with Crippen LogP contribution in [0.4, 0.5) is 5.69 Å². The molecule has 14 heteroatoms. The van der Waals surface area contributed by atoms with Crippen LogP contribution in [-0.2, 0) is 9.63 Å². The number of rotatable bonds is 8. The Balaban J connectivity index is 1.93. The predicted octanol–water partition coefficient (Wildman–Crippen LogP) is 4.52. The van der Waals surface area contributed by atoms with E-state index in [0.717, 1.165) is 0 Å². The second-order valence-corrected chi connectivity index (χ2v) is 9.96. The molecular formula is C21H18Br2Cl2N6O4. The molecule has 0 radical (unpaired) electrons. The number of aromatic nitrogens is 3. The molecule has 0 spiro atoms. The highest BCUT2D eigenvalue weighted by atomic mass is 79.9. The highest BCUT2D eigenvalue weighted by molar-refractivity contribution is 9.10. The van der Waals surface area contributed by atoms with E-state index in [1.807, 2.05) is 0 Å². The summed E-state index contributed by atoms with van der Waals surface area (Å²) in [6.07, 6.45) is 0.446. The number of primary amides is 1. The molecule has 10 nitrogen and oxygen atoms in total. The zero-order chi connectivity index (χ0) is 25.9. The first-order valence-corrected chi connectivity index (χ1v) is 12.3. The Morgan fingerprint density at radius 2 is 1.86 bits per heavy atom. The van der Waals surface area contributed by atoms with Gasteiger partial charge in [-0.1, -0.05) is 37.0 Å². The van der Waals surface area contributed by atoms with Crippen LogP contribution in [0.25, 0.3) is 5.82 Å². The first kappa shape index (κ1) is 27.1. The molecule has 3 aromatic rings. The van der Waals surface area contributed by atoms with Gasteiger partial charge in [0.2, 0.25) is 5.91 Å². The first-order valence-electron chi connectivity index (χ1n) is 9.91. The van der Waals surface area contributed by atoms with Gasteiger partial charge in [0.05, 0.1) is 16.3 Å². The average molecular weight is 649 g/mol. The second-order valence-electron chi connectivity index (χ2n) is 7.45. The van der Waals surface area contributed by atoms with Crippen LogP contribution < -0.4 is 16.5 Å². The number of nitrogens with zero attached hydrogens (tertiary/aromatic N) is 3. The number of benzene rings is 1. The quantitative estimate of drug-likeness (QED) is 0.307. The Morgan fingerprint density at radius 3 is 2.49 bits per heavy atom. The standard InChI is InChI=1S/C21H18Br2Cl2N6O4/c1-9(2)17(18(26)32)35-30-20(33)11-6-10(24)7-12(22)16(11)28-21(34)14-8-15(23)29-31(14)19-13(25)4-3-5-27-19/h3-9,17H,1-2H3,(H2,26,32)(H,28,34)(H,30,33). The zero-order valence-corrected chi connectivity index (χ0v) is 22.9. The molecule has 1 atom stereocenters. The third kappa shape index (κ3) is 6.39. The maximum Gasteiger partial charge on any atom is 0.277 e. The van der Waals surface area contributed by atoms with E-state index in [-0.39, 0.29) is 38.7 Å². The van der Waals surface area contributed by atoms with E-state index in [1.165, 1.54) is 29.1 Å². The molecular weight excluding hydrogens is 631 g/mol. The zero-order valence-electron chi connectivity index (χ0n) is 18.2. The van der Waals surface area contributed by atoms with E-state index in [4.69, 9.17) is 33.8 Å². The van der Waals surface area contributed by atoms with Crippen LogP contribution in [-0.4, -0.2) is 38.6 Å². The fourth-order valence-corrected chi connectivity index (χ4v) is 4.45. The van der Waals surface area contributed by atoms with Gasteiger partial charge in [0, 0.05) is 21.8 Å². The number of carbonyl (C=O) groups is 3. The van der Waals surface area contributed by atoms with E-state index in [1.54, 1.807) is 26.0 Å². The largest absolute Gasteiger partial charge is 0.367 e. The number of pyridine rings is 1. The summed E-state index contributed by atoms with van der Waals surface area (Å²) in [5, 5.41) is 7.39. The number of anilines is 1. The molecule has 0 bridgehead atoms. The van der Waals surface area contributed by atoms with Crippen molar-refractivity contribution in [3.05, 3.63) is 66.9 Å². The van der Waals surface area contributed by atoms with Gasteiger partial charge in [0.15, 0.2) is 11.9 Å². The minimum absolute atomic E-state index is 0.0364. The fourth-order valence-electron chi connectivity index (χ4n) is 2.96. The summed E-state index contributed by atoms with van der Waals surface area (Å²) in [5.41, 5.74) is 7.65. The number of amides is 3. The van der Waals surface area contributed by atoms with Crippen LogP contribution in [0.5, 0.6) is 0 Å². The molecule has 4 N–H and O–H groups in total. The van der Waals surface area contributed by atoms with Gasteiger partial charge < -0.3 is 11.1 Å². The van der Waals surface area contributed by atoms with Crippen molar-refractivity contribution in [3.8, 4) is 5.82 Å². The third-order valence-electron chi connectivity index (χ3n) is 4.55. The van der Waals surface area contributed by atoms with Crippen LogP contribution in [0.15, 0.2) is 45.6 Å². The van der Waals surface area contributed by atoms with Crippen molar-refractivity contribution in [2.45, 2.75) is 20.0 Å². The van der Waals surface area contributed by atoms with Gasteiger partial charge >= 0.3 is 0 Å².